The molecule has 3 aromatic rings. The highest BCUT2D eigenvalue weighted by Crippen LogP contribution is 2.26. The first-order chi connectivity index (χ1) is 16.3. The summed E-state index contributed by atoms with van der Waals surface area (Å²) in [5.41, 5.74) is 7.59. The highest BCUT2D eigenvalue weighted by Gasteiger charge is 2.18. The summed E-state index contributed by atoms with van der Waals surface area (Å²) >= 11 is 0. The molecular formula is C22H23F4N7O. The fourth-order valence-electron chi connectivity index (χ4n) is 3.59. The van der Waals surface area contributed by atoms with Gasteiger partial charge >= 0.3 is 6.43 Å². The number of halogens is 4. The van der Waals surface area contributed by atoms with Crippen molar-refractivity contribution in [1.82, 2.24) is 20.5 Å². The van der Waals surface area contributed by atoms with Gasteiger partial charge in [0, 0.05) is 49.1 Å². The summed E-state index contributed by atoms with van der Waals surface area (Å²) < 4.78 is 59.3. The number of nitrogens with zero attached hydrogens (tertiary/aromatic N) is 4. The maximum absolute atomic E-state index is 14.7. The molecule has 0 unspecified atom stereocenters. The number of anilines is 1. The van der Waals surface area contributed by atoms with E-state index in [0.717, 1.165) is 24.2 Å². The van der Waals surface area contributed by atoms with Crippen molar-refractivity contribution in [2.45, 2.75) is 13.0 Å². The molecule has 0 aliphatic carbocycles. The second-order valence-corrected chi connectivity index (χ2v) is 7.71. The quantitative estimate of drug-likeness (QED) is 0.271. The van der Waals surface area contributed by atoms with E-state index in [1.54, 1.807) is 12.1 Å². The van der Waals surface area contributed by atoms with Crippen LogP contribution in [0.3, 0.4) is 0 Å². The number of benzene rings is 2. The van der Waals surface area contributed by atoms with Gasteiger partial charge in [0.2, 0.25) is 5.89 Å². The fraction of sp³-hybridized carbons (Fsp3) is 0.273. The smallest absolute Gasteiger partial charge is 0.314 e. The molecule has 0 spiro atoms. The molecule has 12 heteroatoms. The minimum Gasteiger partial charge on any atom is -0.415 e. The second-order valence-electron chi connectivity index (χ2n) is 7.71. The highest BCUT2D eigenvalue weighted by molar-refractivity contribution is 5.65. The number of aromatic nitrogens is 2. The summed E-state index contributed by atoms with van der Waals surface area (Å²) in [4.78, 5) is 1.96. The van der Waals surface area contributed by atoms with Crippen LogP contribution in [-0.2, 0) is 6.54 Å². The zero-order valence-corrected chi connectivity index (χ0v) is 18.0. The van der Waals surface area contributed by atoms with E-state index < -0.39 is 24.0 Å². The first kappa shape index (κ1) is 23.5. The monoisotopic (exact) mass is 477 g/mol. The van der Waals surface area contributed by atoms with Crippen molar-refractivity contribution in [3.63, 3.8) is 0 Å². The topological polar surface area (TPSA) is 109 Å². The van der Waals surface area contributed by atoms with Gasteiger partial charge < -0.3 is 25.4 Å². The Labute approximate surface area is 192 Å². The number of hydrazine groups is 1. The third-order valence-corrected chi connectivity index (χ3v) is 5.32. The number of nitrogens with two attached hydrogens (primary N) is 2. The number of nitrogens with one attached hydrogen (secondary N) is 1. The van der Waals surface area contributed by atoms with Gasteiger partial charge in [-0.1, -0.05) is 12.1 Å². The lowest BCUT2D eigenvalue weighted by molar-refractivity contribution is 0.116. The molecule has 1 aliphatic heterocycles. The lowest BCUT2D eigenvalue weighted by Gasteiger charge is -2.29. The molecule has 0 radical (unpaired) electrons. The second kappa shape index (κ2) is 10.1. The summed E-state index contributed by atoms with van der Waals surface area (Å²) in [6, 6.07) is 8.67. The first-order valence-electron chi connectivity index (χ1n) is 10.5. The van der Waals surface area contributed by atoms with Crippen molar-refractivity contribution in [3.05, 3.63) is 71.3 Å². The molecule has 1 fully saturated rings. The van der Waals surface area contributed by atoms with Crippen LogP contribution in [0.25, 0.3) is 17.2 Å². The molecule has 8 nitrogen and oxygen atoms in total. The molecule has 0 amide bonds. The Kier molecular flexibility index (Phi) is 6.98. The van der Waals surface area contributed by atoms with Crippen molar-refractivity contribution in [1.29, 1.82) is 0 Å². The van der Waals surface area contributed by atoms with Crippen LogP contribution in [0.5, 0.6) is 0 Å². The maximum atomic E-state index is 14.7. The molecule has 5 N–H and O–H groups in total. The maximum Gasteiger partial charge on any atom is 0.314 e. The van der Waals surface area contributed by atoms with Crippen molar-refractivity contribution >= 4 is 11.4 Å². The molecule has 1 aliphatic rings. The number of alkyl halides is 2. The molecule has 1 saturated heterocycles. The molecule has 2 aromatic carbocycles. The van der Waals surface area contributed by atoms with E-state index in [-0.39, 0.29) is 29.3 Å². The van der Waals surface area contributed by atoms with Gasteiger partial charge in [-0.3, -0.25) is 0 Å². The Morgan fingerprint density at radius 3 is 2.53 bits per heavy atom. The minimum atomic E-state index is -2.92. The predicted molar refractivity (Wildman–Crippen MR) is 118 cm³/mol. The Bertz CT molecular complexity index is 1180. The average Bonchev–Trinajstić information content (AvgIpc) is 3.31. The zero-order chi connectivity index (χ0) is 24.2. The molecule has 0 bridgehead atoms. The third kappa shape index (κ3) is 5.29. The first-order valence-corrected chi connectivity index (χ1v) is 10.5. The Morgan fingerprint density at radius 2 is 1.88 bits per heavy atom. The van der Waals surface area contributed by atoms with E-state index in [0.29, 0.717) is 24.3 Å². The standard InChI is InChI=1S/C22H23F4N7O/c23-16-10-14(21-30-31-22(34-21)20(25)26)1-2-15(16)11-33(28)12-18(27)13-3-4-19(17(24)9-13)32-7-5-29-6-8-32/h1-4,9-10,12,20,29H,5-8,11,27-28H2/b18-12-. The Balaban J connectivity index is 1.44. The van der Waals surface area contributed by atoms with E-state index in [9.17, 15) is 17.6 Å². The van der Waals surface area contributed by atoms with Gasteiger partial charge in [0.15, 0.2) is 0 Å². The molecule has 1 aromatic heterocycles. The summed E-state index contributed by atoms with van der Waals surface area (Å²) in [6.45, 7) is 2.94. The van der Waals surface area contributed by atoms with Gasteiger partial charge in [-0.25, -0.2) is 14.6 Å². The van der Waals surface area contributed by atoms with E-state index in [2.05, 4.69) is 15.5 Å². The predicted octanol–water partition coefficient (Wildman–Crippen LogP) is 3.00. The van der Waals surface area contributed by atoms with Gasteiger partial charge in [-0.2, -0.15) is 8.78 Å². The number of hydrogen-bond donors (Lipinski definition) is 3. The summed E-state index contributed by atoms with van der Waals surface area (Å²) in [5, 5.41) is 11.1. The average molecular weight is 477 g/mol. The summed E-state index contributed by atoms with van der Waals surface area (Å²) in [5.74, 6) is 3.86. The van der Waals surface area contributed by atoms with Crippen LogP contribution >= 0.6 is 0 Å². The molecule has 180 valence electrons. The molecule has 0 atom stereocenters. The molecule has 0 saturated carbocycles. The van der Waals surface area contributed by atoms with Gasteiger partial charge in [-0.05, 0) is 24.3 Å². The zero-order valence-electron chi connectivity index (χ0n) is 18.0. The SMILES string of the molecule is N/C(=C\N(N)Cc1ccc(-c2nnc(C(F)F)o2)cc1F)c1ccc(N2CCNCC2)c(F)c1. The van der Waals surface area contributed by atoms with Crippen LogP contribution in [0, 0.1) is 11.6 Å². The lowest BCUT2D eigenvalue weighted by Crippen LogP contribution is -2.43. The summed E-state index contributed by atoms with van der Waals surface area (Å²) in [7, 11) is 0. The van der Waals surface area contributed by atoms with Crippen LogP contribution in [0.1, 0.15) is 23.4 Å². The fourth-order valence-corrected chi connectivity index (χ4v) is 3.59. The van der Waals surface area contributed by atoms with E-state index in [4.69, 9.17) is 16.0 Å². The lowest BCUT2D eigenvalue weighted by atomic mass is 10.1. The summed E-state index contributed by atoms with van der Waals surface area (Å²) in [6.07, 6.45) is -1.54. The van der Waals surface area contributed by atoms with Crippen molar-refractivity contribution in [3.8, 4) is 11.5 Å². The molecular weight excluding hydrogens is 454 g/mol. The molecule has 34 heavy (non-hydrogen) atoms. The number of hydrogen-bond acceptors (Lipinski definition) is 8. The van der Waals surface area contributed by atoms with E-state index in [1.807, 2.05) is 4.90 Å². The van der Waals surface area contributed by atoms with Crippen LogP contribution in [0.15, 0.2) is 47.0 Å². The Morgan fingerprint density at radius 1 is 1.12 bits per heavy atom. The van der Waals surface area contributed by atoms with Gasteiger partial charge in [0.05, 0.1) is 17.9 Å². The van der Waals surface area contributed by atoms with Gasteiger partial charge in [0.25, 0.3) is 5.89 Å². The van der Waals surface area contributed by atoms with Gasteiger partial charge in [0.1, 0.15) is 11.6 Å². The minimum absolute atomic E-state index is 0.0553. The number of piperazine rings is 1. The van der Waals surface area contributed by atoms with Crippen molar-refractivity contribution in [2.75, 3.05) is 31.1 Å². The molecule has 4 rings (SSSR count). The molecule has 2 heterocycles. The van der Waals surface area contributed by atoms with Gasteiger partial charge in [-0.15, -0.1) is 10.2 Å². The van der Waals surface area contributed by atoms with Crippen LogP contribution in [0.4, 0.5) is 23.2 Å². The normalized spacial score (nSPS) is 14.6. The number of rotatable bonds is 7. The largest absolute Gasteiger partial charge is 0.415 e. The Hall–Kier alpha value is -3.64. The highest BCUT2D eigenvalue weighted by atomic mass is 19.3. The van der Waals surface area contributed by atoms with E-state index >= 15 is 0 Å². The third-order valence-electron chi connectivity index (χ3n) is 5.32. The van der Waals surface area contributed by atoms with Crippen LogP contribution in [0.2, 0.25) is 0 Å². The van der Waals surface area contributed by atoms with Crippen LogP contribution < -0.4 is 21.8 Å². The van der Waals surface area contributed by atoms with Crippen molar-refractivity contribution < 1.29 is 22.0 Å². The van der Waals surface area contributed by atoms with E-state index in [1.165, 1.54) is 24.4 Å². The van der Waals surface area contributed by atoms with Crippen molar-refractivity contribution in [2.24, 2.45) is 11.6 Å². The van der Waals surface area contributed by atoms with Crippen LogP contribution in [-0.4, -0.2) is 41.4 Å².